The van der Waals surface area contributed by atoms with E-state index in [2.05, 4.69) is 323 Å². The van der Waals surface area contributed by atoms with E-state index in [9.17, 15) is 0 Å². The zero-order valence-corrected chi connectivity index (χ0v) is 53.1. The minimum absolute atomic E-state index is 0. The van der Waals surface area contributed by atoms with Gasteiger partial charge in [0.2, 0.25) is 0 Å². The van der Waals surface area contributed by atoms with Gasteiger partial charge in [-0.15, -0.1) is 48.1 Å². The summed E-state index contributed by atoms with van der Waals surface area (Å²) in [6.45, 7) is 29.7. The fourth-order valence-corrected chi connectivity index (χ4v) is 16.7. The summed E-state index contributed by atoms with van der Waals surface area (Å²) in [7, 11) is -2.86. The molecule has 0 unspecified atom stereocenters. The second-order valence-corrected chi connectivity index (χ2v) is 30.1. The molecule has 2 aromatic heterocycles. The van der Waals surface area contributed by atoms with Crippen molar-refractivity contribution in [1.82, 2.24) is 9.55 Å². The van der Waals surface area contributed by atoms with Crippen LogP contribution in [-0.4, -0.2) is 17.6 Å². The van der Waals surface area contributed by atoms with Gasteiger partial charge in [-0.1, -0.05) is 234 Å². The fraction of sp³-hybridized carbons (Fsp3) is 0.211. The summed E-state index contributed by atoms with van der Waals surface area (Å²) in [5, 5.41) is 7.48. The van der Waals surface area contributed by atoms with Gasteiger partial charge in [-0.25, -0.2) is 4.98 Å². The Morgan fingerprint density at radius 2 is 1.01 bits per heavy atom. The minimum atomic E-state index is -2.86. The van der Waals surface area contributed by atoms with E-state index < -0.39 is 8.07 Å². The van der Waals surface area contributed by atoms with Crippen molar-refractivity contribution in [3.05, 3.63) is 260 Å². The molecule has 0 atom stereocenters. The minimum Gasteiger partial charge on any atom is -0.509 e. The topological polar surface area (TPSA) is 33.5 Å². The summed E-state index contributed by atoms with van der Waals surface area (Å²) in [6, 6.07) is 85.7. The van der Waals surface area contributed by atoms with Crippen LogP contribution in [0.4, 0.5) is 22.7 Å². The van der Waals surface area contributed by atoms with E-state index in [1.807, 2.05) is 12.3 Å². The molecule has 83 heavy (non-hydrogen) atoms. The Bertz CT molecular complexity index is 4030. The third-order valence-electron chi connectivity index (χ3n) is 16.5. The summed E-state index contributed by atoms with van der Waals surface area (Å²) >= 11 is 0. The molecular weight excluding hydrogens is 1210 g/mol. The number of aromatic nitrogens is 2. The van der Waals surface area contributed by atoms with Gasteiger partial charge >= 0.3 is 0 Å². The molecule has 3 heterocycles. The molecule has 0 bridgehead atoms. The van der Waals surface area contributed by atoms with Gasteiger partial charge in [0.25, 0.3) is 0 Å². The molecule has 0 saturated heterocycles. The molecule has 0 fully saturated rings. The molecular formula is C76H73N4OPtSi-3. The van der Waals surface area contributed by atoms with Crippen molar-refractivity contribution < 1.29 is 25.8 Å². The van der Waals surface area contributed by atoms with Gasteiger partial charge < -0.3 is 19.1 Å². The predicted octanol–water partition coefficient (Wildman–Crippen LogP) is 17.2. The number of ether oxygens (including phenoxy) is 1. The van der Waals surface area contributed by atoms with E-state index in [0.29, 0.717) is 11.5 Å². The smallest absolute Gasteiger partial charge is 0.179 e. The van der Waals surface area contributed by atoms with Crippen LogP contribution in [0.15, 0.2) is 219 Å². The predicted molar refractivity (Wildman–Crippen MR) is 348 cm³/mol. The largest absolute Gasteiger partial charge is 0.509 e. The Morgan fingerprint density at radius 1 is 0.446 bits per heavy atom. The van der Waals surface area contributed by atoms with Crippen LogP contribution in [0.25, 0.3) is 38.8 Å². The first-order valence-electron chi connectivity index (χ1n) is 28.8. The van der Waals surface area contributed by atoms with Crippen molar-refractivity contribution in [2.75, 3.05) is 9.80 Å². The van der Waals surface area contributed by atoms with Gasteiger partial charge in [0, 0.05) is 66.9 Å². The van der Waals surface area contributed by atoms with E-state index in [4.69, 9.17) is 9.72 Å². The Morgan fingerprint density at radius 3 is 1.61 bits per heavy atom. The van der Waals surface area contributed by atoms with Gasteiger partial charge in [-0.05, 0) is 112 Å². The number of nitrogens with zero attached hydrogens (tertiary/aromatic N) is 4. The summed E-state index contributed by atoms with van der Waals surface area (Å²) in [5.41, 5.74) is 13.3. The number of benzene rings is 9. The molecule has 7 heteroatoms. The maximum atomic E-state index is 6.95. The molecule has 0 spiro atoms. The average molecular weight is 1280 g/mol. The molecule has 420 valence electrons. The molecule has 12 rings (SSSR count). The number of fused-ring (bicyclic) bond motifs is 4. The van der Waals surface area contributed by atoms with E-state index in [1.54, 1.807) is 0 Å². The van der Waals surface area contributed by atoms with Gasteiger partial charge in [0.1, 0.15) is 5.82 Å². The third kappa shape index (κ3) is 10.7. The van der Waals surface area contributed by atoms with Crippen LogP contribution < -0.4 is 35.3 Å². The number of anilines is 4. The second-order valence-electron chi connectivity index (χ2n) is 26.3. The molecule has 0 saturated carbocycles. The van der Waals surface area contributed by atoms with Crippen molar-refractivity contribution in [3.63, 3.8) is 0 Å². The molecule has 0 N–H and O–H groups in total. The van der Waals surface area contributed by atoms with Crippen LogP contribution in [0.1, 0.15) is 105 Å². The Labute approximate surface area is 507 Å². The number of hydrogen-bond donors (Lipinski definition) is 0. The molecule has 11 aromatic rings. The Balaban J connectivity index is 0.00000721. The molecule has 5 nitrogen and oxygen atoms in total. The van der Waals surface area contributed by atoms with Crippen molar-refractivity contribution in [3.8, 4) is 28.4 Å². The van der Waals surface area contributed by atoms with Gasteiger partial charge in [0.05, 0.1) is 0 Å². The van der Waals surface area contributed by atoms with Crippen molar-refractivity contribution in [1.29, 1.82) is 0 Å². The van der Waals surface area contributed by atoms with Gasteiger partial charge in [0.15, 0.2) is 8.07 Å². The third-order valence-corrected chi connectivity index (χ3v) is 21.3. The summed E-state index contributed by atoms with van der Waals surface area (Å²) in [6.07, 6.45) is 1.94. The zero-order chi connectivity index (χ0) is 57.3. The van der Waals surface area contributed by atoms with E-state index in [1.165, 1.54) is 48.6 Å². The number of para-hydroxylation sites is 1. The van der Waals surface area contributed by atoms with Crippen LogP contribution in [0.3, 0.4) is 0 Å². The van der Waals surface area contributed by atoms with Gasteiger partial charge in [-0.2, -0.15) is 12.1 Å². The van der Waals surface area contributed by atoms with Crippen LogP contribution in [0.2, 0.25) is 0 Å². The van der Waals surface area contributed by atoms with Crippen molar-refractivity contribution in [2.45, 2.75) is 105 Å². The monoisotopic (exact) mass is 1280 g/mol. The fourth-order valence-electron chi connectivity index (χ4n) is 11.9. The van der Waals surface area contributed by atoms with Crippen LogP contribution in [0.5, 0.6) is 11.5 Å². The van der Waals surface area contributed by atoms with Crippen LogP contribution in [-0.2, 0) is 42.7 Å². The summed E-state index contributed by atoms with van der Waals surface area (Å²) < 4.78 is 9.23. The molecule has 0 aliphatic carbocycles. The van der Waals surface area contributed by atoms with E-state index in [-0.39, 0.29) is 42.7 Å². The van der Waals surface area contributed by atoms with Crippen molar-refractivity contribution >= 4 is 73.4 Å². The Hall–Kier alpha value is -7.76. The number of pyridine rings is 1. The van der Waals surface area contributed by atoms with Crippen molar-refractivity contribution in [2.24, 2.45) is 0 Å². The molecule has 0 radical (unpaired) electrons. The summed E-state index contributed by atoms with van der Waals surface area (Å²) in [5.74, 6) is 2.00. The van der Waals surface area contributed by atoms with Gasteiger partial charge in [-0.3, -0.25) is 0 Å². The average Bonchev–Trinajstić information content (AvgIpc) is 4.10. The normalized spacial score (nSPS) is 13.1. The SMILES string of the molecule is CC(C)(C)c1cccc(-c2cccc3c2N(c2cc(C(C)(C)C)cc(C(C)(C)C)c2)[CH-]N3c2[c-]c(Oc3[c-]c4c(cc3)c3cc([Si](c5ccccc5)(c5ccccc5)c5ccccc5)ccc3n4-c3cc(C(C)(C)C)ccn3)ccc2)c1.[Pt]. The Kier molecular flexibility index (Phi) is 15.0. The molecule has 9 aromatic carbocycles. The maximum Gasteiger partial charge on any atom is 0.179 e. The summed E-state index contributed by atoms with van der Waals surface area (Å²) in [4.78, 5) is 9.74. The number of hydrogen-bond acceptors (Lipinski definition) is 4. The van der Waals surface area contributed by atoms with Crippen LogP contribution in [0, 0.1) is 18.8 Å². The van der Waals surface area contributed by atoms with Crippen LogP contribution >= 0.6 is 0 Å². The van der Waals surface area contributed by atoms with E-state index >= 15 is 0 Å². The first-order chi connectivity index (χ1) is 39.2. The first-order valence-corrected chi connectivity index (χ1v) is 30.8. The molecule has 0 amide bonds. The zero-order valence-electron chi connectivity index (χ0n) is 49.9. The quantitative estimate of drug-likeness (QED) is 0.0776. The molecule has 1 aliphatic rings. The number of rotatable bonds is 10. The molecule has 1 aliphatic heterocycles. The second kappa shape index (κ2) is 21.8. The maximum absolute atomic E-state index is 6.95. The standard InChI is InChI=1S/C76H73N4OSi.Pt/c1-73(2,3)53-26-22-25-52(43-53)65-35-24-36-69-72(65)79(58-45-55(75(7,8)9)44-56(46-58)76(10,11)12)51-78(69)57-27-23-28-59(48-57)81-60-37-39-66-67-50-64(38-40-68(67)80(70(66)49-60)71-47-54(41-42-77-71)74(4,5)6)82(61-29-16-13-17-30-61,62-31-18-14-19-32-62)63-33-20-15-21-34-63;/h13-47,50-51H,1-12H3;/q-3;. The van der Waals surface area contributed by atoms with E-state index in [0.717, 1.165) is 55.9 Å². The first kappa shape index (κ1) is 57.1.